The molecule has 1 atom stereocenters. The number of carbonyl (C=O) groups excluding carboxylic acids is 1. The lowest BCUT2D eigenvalue weighted by molar-refractivity contribution is 0.0937. The first-order chi connectivity index (χ1) is 14.3. The first-order valence-corrected chi connectivity index (χ1v) is 10.2. The lowest BCUT2D eigenvalue weighted by atomic mass is 9.97. The molecule has 2 aliphatic heterocycles. The highest BCUT2D eigenvalue weighted by molar-refractivity contribution is 5.95. The third kappa shape index (κ3) is 3.54. The highest BCUT2D eigenvalue weighted by atomic mass is 16.7. The summed E-state index contributed by atoms with van der Waals surface area (Å²) in [5.74, 6) is 1.22. The van der Waals surface area contributed by atoms with Gasteiger partial charge in [0.1, 0.15) is 0 Å². The van der Waals surface area contributed by atoms with Crippen LogP contribution in [0.1, 0.15) is 34.8 Å². The fourth-order valence-corrected chi connectivity index (χ4v) is 4.36. The second-order valence-electron chi connectivity index (χ2n) is 7.61. The normalized spacial score (nSPS) is 16.8. The Morgan fingerprint density at radius 3 is 2.66 bits per heavy atom. The molecule has 3 aromatic carbocycles. The van der Waals surface area contributed by atoms with Gasteiger partial charge in [-0.25, -0.2) is 0 Å². The molecule has 29 heavy (non-hydrogen) atoms. The van der Waals surface area contributed by atoms with Gasteiger partial charge in [0.2, 0.25) is 6.79 Å². The van der Waals surface area contributed by atoms with Crippen molar-refractivity contribution in [1.82, 2.24) is 10.2 Å². The van der Waals surface area contributed by atoms with Gasteiger partial charge in [0, 0.05) is 12.1 Å². The number of nitrogens with zero attached hydrogens (tertiary/aromatic N) is 1. The topological polar surface area (TPSA) is 50.8 Å². The molecule has 1 unspecified atom stereocenters. The average molecular weight is 388 g/mol. The van der Waals surface area contributed by atoms with Gasteiger partial charge < -0.3 is 14.8 Å². The Morgan fingerprint density at radius 1 is 0.966 bits per heavy atom. The summed E-state index contributed by atoms with van der Waals surface area (Å²) >= 11 is 0. The molecular weight excluding hydrogens is 364 g/mol. The van der Waals surface area contributed by atoms with Crippen molar-refractivity contribution in [3.63, 3.8) is 0 Å². The van der Waals surface area contributed by atoms with E-state index in [0.717, 1.165) is 13.1 Å². The van der Waals surface area contributed by atoms with Gasteiger partial charge in [0.05, 0.1) is 6.04 Å². The standard InChI is InChI=1S/C24H24N2O3/c27-24(18-10-11-22-23(14-18)29-16-28-22)25-15-21(26-12-3-4-13-26)20-9-5-7-17-6-1-2-8-19(17)20/h1-2,5-11,14,21H,3-4,12-13,15-16H2,(H,25,27). The van der Waals surface area contributed by atoms with Crippen LogP contribution in [0.5, 0.6) is 11.5 Å². The monoisotopic (exact) mass is 388 g/mol. The summed E-state index contributed by atoms with van der Waals surface area (Å²) in [6, 6.07) is 20.4. The molecule has 0 radical (unpaired) electrons. The molecule has 5 rings (SSSR count). The van der Waals surface area contributed by atoms with Crippen LogP contribution < -0.4 is 14.8 Å². The molecule has 3 aromatic rings. The third-order valence-electron chi connectivity index (χ3n) is 5.85. The highest BCUT2D eigenvalue weighted by Crippen LogP contribution is 2.33. The second-order valence-corrected chi connectivity index (χ2v) is 7.61. The Morgan fingerprint density at radius 2 is 1.76 bits per heavy atom. The Bertz CT molecular complexity index is 1040. The van der Waals surface area contributed by atoms with E-state index in [1.807, 2.05) is 0 Å². The van der Waals surface area contributed by atoms with E-state index in [1.54, 1.807) is 18.2 Å². The van der Waals surface area contributed by atoms with E-state index in [0.29, 0.717) is 23.6 Å². The summed E-state index contributed by atoms with van der Waals surface area (Å²) in [5.41, 5.74) is 1.86. The van der Waals surface area contributed by atoms with Crippen LogP contribution in [0.25, 0.3) is 10.8 Å². The van der Waals surface area contributed by atoms with Gasteiger partial charge in [-0.15, -0.1) is 0 Å². The van der Waals surface area contributed by atoms with E-state index in [-0.39, 0.29) is 18.7 Å². The Labute approximate surface area is 170 Å². The van der Waals surface area contributed by atoms with E-state index in [4.69, 9.17) is 9.47 Å². The van der Waals surface area contributed by atoms with Crippen LogP contribution in [0.3, 0.4) is 0 Å². The van der Waals surface area contributed by atoms with Crippen molar-refractivity contribution in [1.29, 1.82) is 0 Å². The quantitative estimate of drug-likeness (QED) is 0.714. The second kappa shape index (κ2) is 7.76. The molecule has 1 amide bonds. The predicted molar refractivity (Wildman–Crippen MR) is 112 cm³/mol. The number of rotatable bonds is 5. The summed E-state index contributed by atoms with van der Waals surface area (Å²) in [6.07, 6.45) is 2.41. The summed E-state index contributed by atoms with van der Waals surface area (Å²) in [5, 5.41) is 5.64. The van der Waals surface area contributed by atoms with Gasteiger partial charge in [0.15, 0.2) is 11.5 Å². The largest absolute Gasteiger partial charge is 0.454 e. The van der Waals surface area contributed by atoms with Gasteiger partial charge in [-0.05, 0) is 60.5 Å². The van der Waals surface area contributed by atoms with Gasteiger partial charge in [-0.1, -0.05) is 42.5 Å². The summed E-state index contributed by atoms with van der Waals surface area (Å²) in [7, 11) is 0. The maximum Gasteiger partial charge on any atom is 0.251 e. The zero-order valence-electron chi connectivity index (χ0n) is 16.3. The number of ether oxygens (including phenoxy) is 2. The molecular formula is C24H24N2O3. The highest BCUT2D eigenvalue weighted by Gasteiger charge is 2.26. The average Bonchev–Trinajstić information content (AvgIpc) is 3.45. The molecule has 2 aliphatic rings. The SMILES string of the molecule is O=C(NCC(c1cccc2ccccc12)N1CCCC1)c1ccc2c(c1)OCO2. The number of amides is 1. The van der Waals surface area contributed by atoms with E-state index >= 15 is 0 Å². The van der Waals surface area contributed by atoms with Crippen molar-refractivity contribution < 1.29 is 14.3 Å². The molecule has 5 nitrogen and oxygen atoms in total. The molecule has 1 saturated heterocycles. The van der Waals surface area contributed by atoms with Crippen LogP contribution >= 0.6 is 0 Å². The number of benzene rings is 3. The number of nitrogens with one attached hydrogen (secondary N) is 1. The smallest absolute Gasteiger partial charge is 0.251 e. The number of carbonyl (C=O) groups is 1. The molecule has 0 spiro atoms. The molecule has 0 saturated carbocycles. The van der Waals surface area contributed by atoms with Crippen LogP contribution in [-0.4, -0.2) is 37.2 Å². The number of fused-ring (bicyclic) bond motifs is 2. The van der Waals surface area contributed by atoms with Crippen LogP contribution in [0.15, 0.2) is 60.7 Å². The summed E-state index contributed by atoms with van der Waals surface area (Å²) in [6.45, 7) is 2.90. The third-order valence-corrected chi connectivity index (χ3v) is 5.85. The summed E-state index contributed by atoms with van der Waals surface area (Å²) < 4.78 is 10.7. The number of hydrogen-bond acceptors (Lipinski definition) is 4. The fourth-order valence-electron chi connectivity index (χ4n) is 4.36. The first-order valence-electron chi connectivity index (χ1n) is 10.2. The van der Waals surface area contributed by atoms with Gasteiger partial charge in [-0.2, -0.15) is 0 Å². The molecule has 1 fully saturated rings. The lowest BCUT2D eigenvalue weighted by Crippen LogP contribution is -2.36. The predicted octanol–water partition coefficient (Wildman–Crippen LogP) is 4.14. The van der Waals surface area contributed by atoms with Crippen molar-refractivity contribution >= 4 is 16.7 Å². The van der Waals surface area contributed by atoms with Crippen LogP contribution in [-0.2, 0) is 0 Å². The van der Waals surface area contributed by atoms with Crippen molar-refractivity contribution in [2.45, 2.75) is 18.9 Å². The van der Waals surface area contributed by atoms with Crippen molar-refractivity contribution in [2.75, 3.05) is 26.4 Å². The van der Waals surface area contributed by atoms with E-state index in [2.05, 4.69) is 52.7 Å². The maximum atomic E-state index is 12.8. The Hall–Kier alpha value is -3.05. The van der Waals surface area contributed by atoms with Crippen molar-refractivity contribution in [3.05, 3.63) is 71.8 Å². The fraction of sp³-hybridized carbons (Fsp3) is 0.292. The van der Waals surface area contributed by atoms with Crippen LogP contribution in [0.4, 0.5) is 0 Å². The van der Waals surface area contributed by atoms with Crippen molar-refractivity contribution in [3.8, 4) is 11.5 Å². The van der Waals surface area contributed by atoms with Gasteiger partial charge >= 0.3 is 0 Å². The maximum absolute atomic E-state index is 12.8. The lowest BCUT2D eigenvalue weighted by Gasteiger charge is -2.29. The molecule has 148 valence electrons. The molecule has 0 aromatic heterocycles. The van der Waals surface area contributed by atoms with Crippen molar-refractivity contribution in [2.24, 2.45) is 0 Å². The minimum atomic E-state index is -0.0901. The van der Waals surface area contributed by atoms with Gasteiger partial charge in [0.25, 0.3) is 5.91 Å². The van der Waals surface area contributed by atoms with Crippen LogP contribution in [0, 0.1) is 0 Å². The minimum Gasteiger partial charge on any atom is -0.454 e. The summed E-state index contributed by atoms with van der Waals surface area (Å²) in [4.78, 5) is 15.3. The number of likely N-dealkylation sites (tertiary alicyclic amines) is 1. The zero-order valence-corrected chi connectivity index (χ0v) is 16.3. The zero-order chi connectivity index (χ0) is 19.6. The Kier molecular flexibility index (Phi) is 4.82. The molecule has 2 heterocycles. The van der Waals surface area contributed by atoms with E-state index < -0.39 is 0 Å². The molecule has 5 heteroatoms. The van der Waals surface area contributed by atoms with E-state index in [9.17, 15) is 4.79 Å². The molecule has 1 N–H and O–H groups in total. The molecule has 0 bridgehead atoms. The Balaban J connectivity index is 1.40. The minimum absolute atomic E-state index is 0.0901. The molecule has 0 aliphatic carbocycles. The van der Waals surface area contributed by atoms with Gasteiger partial charge in [-0.3, -0.25) is 9.69 Å². The number of hydrogen-bond donors (Lipinski definition) is 1. The first kappa shape index (κ1) is 18.0. The van der Waals surface area contributed by atoms with E-state index in [1.165, 1.54) is 29.2 Å². The van der Waals surface area contributed by atoms with Crippen LogP contribution in [0.2, 0.25) is 0 Å².